The molecule has 0 aromatic heterocycles. The number of esters is 2. The fourth-order valence-electron chi connectivity index (χ4n) is 1.70. The van der Waals surface area contributed by atoms with Gasteiger partial charge in [0.05, 0.1) is 11.8 Å². The second-order valence-electron chi connectivity index (χ2n) is 5.36. The molecule has 2 rings (SSSR count). The first-order valence-electron chi connectivity index (χ1n) is 7.47. The van der Waals surface area contributed by atoms with Crippen LogP contribution in [0.4, 0.5) is 0 Å². The molecule has 20 heavy (non-hydrogen) atoms. The smallest absolute Gasteiger partial charge is 0.314 e. The van der Waals surface area contributed by atoms with Crippen LogP contribution in [0.2, 0.25) is 0 Å². The Morgan fingerprint density at radius 1 is 0.850 bits per heavy atom. The van der Waals surface area contributed by atoms with Gasteiger partial charge in [-0.3, -0.25) is 9.59 Å². The first-order valence-corrected chi connectivity index (χ1v) is 7.47. The Morgan fingerprint density at radius 3 is 1.45 bits per heavy atom. The molecular formula is C16H22O4. The van der Waals surface area contributed by atoms with Crippen LogP contribution < -0.4 is 0 Å². The van der Waals surface area contributed by atoms with E-state index in [1.54, 1.807) is 12.2 Å². The second kappa shape index (κ2) is 6.73. The highest BCUT2D eigenvalue weighted by atomic mass is 16.5. The minimum atomic E-state index is -0.139. The lowest BCUT2D eigenvalue weighted by Gasteiger charge is -2.07. The zero-order valence-corrected chi connectivity index (χ0v) is 12.2. The summed E-state index contributed by atoms with van der Waals surface area (Å²) in [7, 11) is 0. The van der Waals surface area contributed by atoms with Crippen LogP contribution in [0.25, 0.3) is 0 Å². The molecular weight excluding hydrogens is 256 g/mol. The molecule has 0 aromatic rings. The van der Waals surface area contributed by atoms with Gasteiger partial charge in [-0.1, -0.05) is 13.8 Å². The highest BCUT2D eigenvalue weighted by Crippen LogP contribution is 2.32. The maximum atomic E-state index is 11.6. The number of carbonyl (C=O) groups excluding carboxylic acids is 2. The van der Waals surface area contributed by atoms with Crippen molar-refractivity contribution in [2.75, 3.05) is 0 Å². The number of rotatable bonds is 7. The first-order chi connectivity index (χ1) is 9.63. The van der Waals surface area contributed by atoms with Crippen molar-refractivity contribution in [3.63, 3.8) is 0 Å². The number of carbonyl (C=O) groups is 2. The lowest BCUT2D eigenvalue weighted by molar-refractivity contribution is -0.142. The number of hydrogen-bond acceptors (Lipinski definition) is 4. The molecule has 0 atom stereocenters. The van der Waals surface area contributed by atoms with Crippen LogP contribution in [0.15, 0.2) is 23.7 Å². The third-order valence-corrected chi connectivity index (χ3v) is 3.44. The van der Waals surface area contributed by atoms with Crippen LogP contribution in [0.3, 0.4) is 0 Å². The zero-order valence-electron chi connectivity index (χ0n) is 12.2. The van der Waals surface area contributed by atoms with Gasteiger partial charge in [-0.2, -0.15) is 0 Å². The number of allylic oxidation sites excluding steroid dienone is 4. The summed E-state index contributed by atoms with van der Waals surface area (Å²) in [4.78, 5) is 23.2. The summed E-state index contributed by atoms with van der Waals surface area (Å²) >= 11 is 0. The molecule has 2 saturated carbocycles. The summed E-state index contributed by atoms with van der Waals surface area (Å²) < 4.78 is 10.6. The molecule has 0 heterocycles. The highest BCUT2D eigenvalue weighted by molar-refractivity contribution is 5.76. The third-order valence-electron chi connectivity index (χ3n) is 3.44. The van der Waals surface area contributed by atoms with Crippen molar-refractivity contribution in [1.29, 1.82) is 0 Å². The SMILES string of the molecule is CC/C(=C/C=C(/CC)OC(=O)C1CC1)OC(=O)C1CC1. The molecule has 0 N–H and O–H groups in total. The summed E-state index contributed by atoms with van der Waals surface area (Å²) in [6.07, 6.45) is 8.50. The van der Waals surface area contributed by atoms with Crippen molar-refractivity contribution in [3.05, 3.63) is 23.7 Å². The van der Waals surface area contributed by atoms with E-state index >= 15 is 0 Å². The Balaban J connectivity index is 1.91. The van der Waals surface area contributed by atoms with Crippen molar-refractivity contribution < 1.29 is 19.1 Å². The van der Waals surface area contributed by atoms with Gasteiger partial charge in [-0.05, 0) is 37.8 Å². The van der Waals surface area contributed by atoms with Gasteiger partial charge in [0.25, 0.3) is 0 Å². The van der Waals surface area contributed by atoms with E-state index in [1.165, 1.54) is 0 Å². The van der Waals surface area contributed by atoms with Gasteiger partial charge in [0.15, 0.2) is 0 Å². The summed E-state index contributed by atoms with van der Waals surface area (Å²) in [5.74, 6) is 1.14. The zero-order chi connectivity index (χ0) is 14.5. The van der Waals surface area contributed by atoms with E-state index in [-0.39, 0.29) is 23.8 Å². The van der Waals surface area contributed by atoms with Crippen LogP contribution in [0.1, 0.15) is 52.4 Å². The number of hydrogen-bond donors (Lipinski definition) is 0. The van der Waals surface area contributed by atoms with Crippen LogP contribution in [-0.2, 0) is 19.1 Å². The Kier molecular flexibility index (Phi) is 4.99. The van der Waals surface area contributed by atoms with Gasteiger partial charge in [-0.15, -0.1) is 0 Å². The Hall–Kier alpha value is -1.58. The summed E-state index contributed by atoms with van der Waals surface area (Å²) in [6, 6.07) is 0. The predicted molar refractivity (Wildman–Crippen MR) is 74.4 cm³/mol. The molecule has 4 heteroatoms. The topological polar surface area (TPSA) is 52.6 Å². The van der Waals surface area contributed by atoms with Gasteiger partial charge in [0.1, 0.15) is 11.5 Å². The highest BCUT2D eigenvalue weighted by Gasteiger charge is 2.32. The van der Waals surface area contributed by atoms with Crippen LogP contribution in [0, 0.1) is 11.8 Å². The average molecular weight is 278 g/mol. The van der Waals surface area contributed by atoms with Crippen LogP contribution in [-0.4, -0.2) is 11.9 Å². The predicted octanol–water partition coefficient (Wildman–Crippen LogP) is 3.48. The molecule has 2 aliphatic rings. The normalized spacial score (nSPS) is 19.7. The minimum absolute atomic E-state index is 0.0901. The molecule has 0 bridgehead atoms. The van der Waals surface area contributed by atoms with Crippen molar-refractivity contribution in [2.24, 2.45) is 11.8 Å². The molecule has 2 fully saturated rings. The quantitative estimate of drug-likeness (QED) is 0.406. The number of ether oxygens (including phenoxy) is 2. The van der Waals surface area contributed by atoms with E-state index in [0.717, 1.165) is 25.7 Å². The molecule has 4 nitrogen and oxygen atoms in total. The lowest BCUT2D eigenvalue weighted by atomic mass is 10.3. The Bertz CT molecular complexity index is 397. The van der Waals surface area contributed by atoms with Gasteiger partial charge < -0.3 is 9.47 Å². The van der Waals surface area contributed by atoms with Crippen molar-refractivity contribution in [1.82, 2.24) is 0 Å². The third kappa shape index (κ3) is 4.51. The van der Waals surface area contributed by atoms with E-state index in [0.29, 0.717) is 24.4 Å². The molecule has 0 amide bonds. The maximum Gasteiger partial charge on any atom is 0.314 e. The molecule has 0 aromatic carbocycles. The molecule has 0 radical (unpaired) electrons. The van der Waals surface area contributed by atoms with Crippen LogP contribution >= 0.6 is 0 Å². The standard InChI is InChI=1S/C16H22O4/c1-3-13(19-15(17)11-5-6-11)9-10-14(4-2)20-16(18)12-7-8-12/h9-12H,3-8H2,1-2H3/b13-9-,14-10-. The summed E-state index contributed by atoms with van der Waals surface area (Å²) in [5, 5.41) is 0. The van der Waals surface area contributed by atoms with Crippen molar-refractivity contribution >= 4 is 11.9 Å². The second-order valence-corrected chi connectivity index (χ2v) is 5.36. The van der Waals surface area contributed by atoms with Gasteiger partial charge in [0.2, 0.25) is 0 Å². The fourth-order valence-corrected chi connectivity index (χ4v) is 1.70. The van der Waals surface area contributed by atoms with Gasteiger partial charge >= 0.3 is 11.9 Å². The van der Waals surface area contributed by atoms with E-state index in [2.05, 4.69) is 0 Å². The van der Waals surface area contributed by atoms with E-state index < -0.39 is 0 Å². The Morgan fingerprint density at radius 2 is 1.20 bits per heavy atom. The van der Waals surface area contributed by atoms with E-state index in [4.69, 9.17) is 9.47 Å². The molecule has 0 spiro atoms. The van der Waals surface area contributed by atoms with E-state index in [1.807, 2.05) is 13.8 Å². The summed E-state index contributed by atoms with van der Waals surface area (Å²) in [6.45, 7) is 3.86. The van der Waals surface area contributed by atoms with Crippen molar-refractivity contribution in [3.8, 4) is 0 Å². The Labute approximate surface area is 119 Å². The van der Waals surface area contributed by atoms with Crippen molar-refractivity contribution in [2.45, 2.75) is 52.4 Å². The molecule has 0 aliphatic heterocycles. The molecule has 0 unspecified atom stereocenters. The average Bonchev–Trinajstić information content (AvgIpc) is 3.32. The van der Waals surface area contributed by atoms with Gasteiger partial charge in [-0.25, -0.2) is 0 Å². The van der Waals surface area contributed by atoms with E-state index in [9.17, 15) is 9.59 Å². The lowest BCUT2D eigenvalue weighted by Crippen LogP contribution is -2.07. The molecule has 0 saturated heterocycles. The largest absolute Gasteiger partial charge is 0.431 e. The fraction of sp³-hybridized carbons (Fsp3) is 0.625. The minimum Gasteiger partial charge on any atom is -0.431 e. The monoisotopic (exact) mass is 278 g/mol. The van der Waals surface area contributed by atoms with Crippen LogP contribution in [0.5, 0.6) is 0 Å². The summed E-state index contributed by atoms with van der Waals surface area (Å²) in [5.41, 5.74) is 0. The molecule has 2 aliphatic carbocycles. The van der Waals surface area contributed by atoms with Gasteiger partial charge in [0, 0.05) is 12.8 Å². The first kappa shape index (κ1) is 14.8. The molecule has 110 valence electrons. The maximum absolute atomic E-state index is 11.6.